The summed E-state index contributed by atoms with van der Waals surface area (Å²) in [6.07, 6.45) is 0. The summed E-state index contributed by atoms with van der Waals surface area (Å²) >= 11 is 6.14. The molecule has 0 spiro atoms. The van der Waals surface area contributed by atoms with E-state index in [1.165, 1.54) is 0 Å². The quantitative estimate of drug-likeness (QED) is 0.579. The molecular formula is C22H16ClNO. The summed E-state index contributed by atoms with van der Waals surface area (Å²) in [6, 6.07) is 25.7. The first-order valence-electron chi connectivity index (χ1n) is 8.10. The molecule has 0 fully saturated rings. The number of fused-ring (bicyclic) bond motifs is 1. The van der Waals surface area contributed by atoms with Gasteiger partial charge in [0.05, 0.1) is 11.3 Å². The standard InChI is InChI=1S/C22H16ClNO/c1-24-19-14-17(23)12-13-18(19)21(22(24)25)20(15-8-4-2-5-9-15)16-10-6-3-7-11-16/h2-14H,1H3. The molecule has 1 heterocycles. The lowest BCUT2D eigenvalue weighted by atomic mass is 9.90. The first-order valence-corrected chi connectivity index (χ1v) is 8.47. The second kappa shape index (κ2) is 6.23. The third-order valence-electron chi connectivity index (χ3n) is 4.48. The number of nitrogens with zero attached hydrogens (tertiary/aromatic N) is 1. The van der Waals surface area contributed by atoms with Crippen LogP contribution in [0.25, 0.3) is 11.1 Å². The van der Waals surface area contributed by atoms with Gasteiger partial charge in [0.2, 0.25) is 0 Å². The van der Waals surface area contributed by atoms with E-state index in [2.05, 4.69) is 0 Å². The molecule has 1 aliphatic rings. The SMILES string of the molecule is CN1C(=O)C(=C(c2ccccc2)c2ccccc2)c2ccc(Cl)cc21. The van der Waals surface area contributed by atoms with Crippen molar-refractivity contribution in [3.63, 3.8) is 0 Å². The Morgan fingerprint density at radius 1 is 0.840 bits per heavy atom. The van der Waals surface area contributed by atoms with Crippen LogP contribution in [0, 0.1) is 0 Å². The number of amides is 1. The molecule has 0 unspecified atom stereocenters. The summed E-state index contributed by atoms with van der Waals surface area (Å²) in [5.74, 6) is -0.0139. The highest BCUT2D eigenvalue weighted by Gasteiger charge is 2.33. The van der Waals surface area contributed by atoms with E-state index in [-0.39, 0.29) is 5.91 Å². The van der Waals surface area contributed by atoms with Crippen LogP contribution in [0.15, 0.2) is 78.9 Å². The van der Waals surface area contributed by atoms with E-state index in [0.717, 1.165) is 28.0 Å². The predicted molar refractivity (Wildman–Crippen MR) is 104 cm³/mol. The molecule has 2 nitrogen and oxygen atoms in total. The first kappa shape index (κ1) is 15.7. The molecule has 25 heavy (non-hydrogen) atoms. The van der Waals surface area contributed by atoms with Gasteiger partial charge in [-0.1, -0.05) is 78.3 Å². The van der Waals surface area contributed by atoms with Crippen LogP contribution in [0.1, 0.15) is 16.7 Å². The zero-order valence-electron chi connectivity index (χ0n) is 13.7. The molecule has 0 aliphatic carbocycles. The highest BCUT2D eigenvalue weighted by molar-refractivity contribution is 6.39. The average molecular weight is 346 g/mol. The summed E-state index contributed by atoms with van der Waals surface area (Å²) in [4.78, 5) is 14.8. The lowest BCUT2D eigenvalue weighted by molar-refractivity contribution is -0.112. The Hall–Kier alpha value is -2.84. The van der Waals surface area contributed by atoms with Crippen molar-refractivity contribution >= 4 is 34.3 Å². The van der Waals surface area contributed by atoms with Crippen LogP contribution in [0.2, 0.25) is 5.02 Å². The van der Waals surface area contributed by atoms with E-state index < -0.39 is 0 Å². The number of rotatable bonds is 2. The van der Waals surface area contributed by atoms with E-state index in [1.54, 1.807) is 11.9 Å². The fourth-order valence-electron chi connectivity index (χ4n) is 3.29. The van der Waals surface area contributed by atoms with E-state index >= 15 is 0 Å². The molecule has 4 rings (SSSR count). The summed E-state index contributed by atoms with van der Waals surface area (Å²) in [5, 5.41) is 0.626. The molecule has 0 saturated heterocycles. The van der Waals surface area contributed by atoms with Gasteiger partial charge in [-0.15, -0.1) is 0 Å². The van der Waals surface area contributed by atoms with Crippen LogP contribution in [-0.4, -0.2) is 13.0 Å². The minimum Gasteiger partial charge on any atom is -0.311 e. The zero-order valence-corrected chi connectivity index (χ0v) is 14.5. The molecular weight excluding hydrogens is 330 g/mol. The number of halogens is 1. The van der Waals surface area contributed by atoms with Gasteiger partial charge in [0, 0.05) is 23.2 Å². The molecule has 0 atom stereocenters. The minimum absolute atomic E-state index is 0.0139. The monoisotopic (exact) mass is 345 g/mol. The second-order valence-corrected chi connectivity index (χ2v) is 6.44. The van der Waals surface area contributed by atoms with Gasteiger partial charge in [0.25, 0.3) is 5.91 Å². The molecule has 1 amide bonds. The molecule has 3 heteroatoms. The average Bonchev–Trinajstić information content (AvgIpc) is 2.89. The van der Waals surface area contributed by atoms with Gasteiger partial charge in [-0.25, -0.2) is 0 Å². The van der Waals surface area contributed by atoms with Gasteiger partial charge in [-0.2, -0.15) is 0 Å². The lowest BCUT2D eigenvalue weighted by Gasteiger charge is -2.13. The van der Waals surface area contributed by atoms with Crippen molar-refractivity contribution in [3.8, 4) is 0 Å². The number of hydrogen-bond donors (Lipinski definition) is 0. The molecule has 3 aromatic carbocycles. The Morgan fingerprint density at radius 2 is 1.40 bits per heavy atom. The normalized spacial score (nSPS) is 13.1. The maximum atomic E-state index is 13.1. The topological polar surface area (TPSA) is 20.3 Å². The van der Waals surface area contributed by atoms with Crippen LogP contribution < -0.4 is 4.90 Å². The van der Waals surface area contributed by atoms with Gasteiger partial charge in [0.15, 0.2) is 0 Å². The van der Waals surface area contributed by atoms with Gasteiger partial charge in [-0.3, -0.25) is 4.79 Å². The molecule has 122 valence electrons. The summed E-state index contributed by atoms with van der Waals surface area (Å²) < 4.78 is 0. The van der Waals surface area contributed by atoms with Gasteiger partial charge in [-0.05, 0) is 23.3 Å². The van der Waals surface area contributed by atoms with E-state index in [4.69, 9.17) is 11.6 Å². The van der Waals surface area contributed by atoms with Crippen molar-refractivity contribution in [3.05, 3.63) is 101 Å². The van der Waals surface area contributed by atoms with Gasteiger partial charge in [0.1, 0.15) is 0 Å². The van der Waals surface area contributed by atoms with Crippen LogP contribution >= 0.6 is 11.6 Å². The maximum Gasteiger partial charge on any atom is 0.259 e. The number of anilines is 1. The highest BCUT2D eigenvalue weighted by Crippen LogP contribution is 2.43. The van der Waals surface area contributed by atoms with Crippen LogP contribution in [0.4, 0.5) is 5.69 Å². The molecule has 0 radical (unpaired) electrons. The summed E-state index contributed by atoms with van der Waals surface area (Å²) in [6.45, 7) is 0. The molecule has 0 bridgehead atoms. The first-order chi connectivity index (χ1) is 12.2. The van der Waals surface area contributed by atoms with Crippen LogP contribution in [0.3, 0.4) is 0 Å². The predicted octanol–water partition coefficient (Wildman–Crippen LogP) is 5.28. The number of benzene rings is 3. The maximum absolute atomic E-state index is 13.1. The zero-order chi connectivity index (χ0) is 17.4. The third-order valence-corrected chi connectivity index (χ3v) is 4.72. The Balaban J connectivity index is 2.07. The fraction of sp³-hybridized carbons (Fsp3) is 0.0455. The molecule has 0 saturated carbocycles. The Morgan fingerprint density at radius 3 is 1.96 bits per heavy atom. The minimum atomic E-state index is -0.0139. The third kappa shape index (κ3) is 2.65. The van der Waals surface area contributed by atoms with E-state index in [1.807, 2.05) is 78.9 Å². The van der Waals surface area contributed by atoms with E-state index in [0.29, 0.717) is 10.6 Å². The lowest BCUT2D eigenvalue weighted by Crippen LogP contribution is -2.21. The molecule has 0 N–H and O–H groups in total. The highest BCUT2D eigenvalue weighted by atomic mass is 35.5. The van der Waals surface area contributed by atoms with Crippen molar-refractivity contribution in [1.29, 1.82) is 0 Å². The number of likely N-dealkylation sites (N-methyl/N-ethyl adjacent to an activating group) is 1. The summed E-state index contributed by atoms with van der Waals surface area (Å²) in [7, 11) is 1.79. The molecule has 3 aromatic rings. The Bertz CT molecular complexity index is 936. The number of carbonyl (C=O) groups excluding carboxylic acids is 1. The van der Waals surface area contributed by atoms with Crippen molar-refractivity contribution in [2.24, 2.45) is 0 Å². The Kier molecular flexibility index (Phi) is 3.90. The van der Waals surface area contributed by atoms with Crippen molar-refractivity contribution in [2.75, 3.05) is 11.9 Å². The smallest absolute Gasteiger partial charge is 0.259 e. The van der Waals surface area contributed by atoms with Crippen LogP contribution in [-0.2, 0) is 4.79 Å². The van der Waals surface area contributed by atoms with Gasteiger partial charge >= 0.3 is 0 Å². The largest absolute Gasteiger partial charge is 0.311 e. The summed E-state index contributed by atoms with van der Waals surface area (Å²) in [5.41, 5.74) is 5.46. The number of carbonyl (C=O) groups is 1. The van der Waals surface area contributed by atoms with Crippen LogP contribution in [0.5, 0.6) is 0 Å². The van der Waals surface area contributed by atoms with Crippen molar-refractivity contribution in [1.82, 2.24) is 0 Å². The second-order valence-electron chi connectivity index (χ2n) is 6.01. The number of hydrogen-bond acceptors (Lipinski definition) is 1. The van der Waals surface area contributed by atoms with Crippen molar-refractivity contribution < 1.29 is 4.79 Å². The van der Waals surface area contributed by atoms with Gasteiger partial charge < -0.3 is 4.90 Å². The van der Waals surface area contributed by atoms with E-state index in [9.17, 15) is 4.79 Å². The fourth-order valence-corrected chi connectivity index (χ4v) is 3.46. The molecule has 1 aliphatic heterocycles. The van der Waals surface area contributed by atoms with Crippen molar-refractivity contribution in [2.45, 2.75) is 0 Å². The Labute approximate surface area is 152 Å². The molecule has 0 aromatic heterocycles.